The van der Waals surface area contributed by atoms with Gasteiger partial charge in [0.25, 0.3) is 11.4 Å². The largest absolute Gasteiger partial charge is 0.464 e. The predicted molar refractivity (Wildman–Crippen MR) is 84.3 cm³/mol. The molecule has 0 unspecified atom stereocenters. The highest BCUT2D eigenvalue weighted by atomic mass is 16.6. The molecule has 1 aromatic carbocycles. The molecule has 0 saturated heterocycles. The fraction of sp³-hybridized carbons (Fsp3) is 0.143. The fourth-order valence-electron chi connectivity index (χ4n) is 2.32. The number of non-ortho nitro benzene ring substituents is 1. The molecular formula is C14H11N5O6. The molecule has 0 aliphatic heterocycles. The minimum atomic E-state index is -0.896. The first-order valence-corrected chi connectivity index (χ1v) is 6.66. The average Bonchev–Trinajstić information content (AvgIpc) is 2.90. The summed E-state index contributed by atoms with van der Waals surface area (Å²) in [6.07, 6.45) is 1.16. The molecule has 0 amide bonds. The summed E-state index contributed by atoms with van der Waals surface area (Å²) in [4.78, 5) is 32.7. The highest BCUT2D eigenvalue weighted by molar-refractivity contribution is 5.96. The SMILES string of the molecule is COC(=O)c1c(N)c(C#N)cn1-c1cc([N+](=O)[O-])cc([N+](=O)[O-])c1C. The van der Waals surface area contributed by atoms with Gasteiger partial charge in [-0.2, -0.15) is 5.26 Å². The standard InChI is InChI=1S/C14H11N5O6/c1-7-10(3-9(18(21)22)4-11(7)19(23)24)17-6-8(5-15)12(16)13(17)14(20)25-2/h3-4,6H,16H2,1-2H3. The molecule has 1 aromatic heterocycles. The van der Waals surface area contributed by atoms with E-state index < -0.39 is 27.2 Å². The van der Waals surface area contributed by atoms with Gasteiger partial charge in [0, 0.05) is 12.3 Å². The highest BCUT2D eigenvalue weighted by Gasteiger charge is 2.27. The molecule has 0 aliphatic rings. The lowest BCUT2D eigenvalue weighted by Crippen LogP contribution is -2.12. The minimum absolute atomic E-state index is 0.0329. The number of hydrogen-bond acceptors (Lipinski definition) is 8. The Balaban J connectivity index is 2.91. The van der Waals surface area contributed by atoms with E-state index in [1.807, 2.05) is 0 Å². The summed E-state index contributed by atoms with van der Waals surface area (Å²) < 4.78 is 5.69. The maximum absolute atomic E-state index is 12.0. The number of nitro groups is 2. The zero-order valence-electron chi connectivity index (χ0n) is 13.0. The van der Waals surface area contributed by atoms with Crippen LogP contribution < -0.4 is 5.73 Å². The van der Waals surface area contributed by atoms with Gasteiger partial charge >= 0.3 is 5.97 Å². The van der Waals surface area contributed by atoms with Gasteiger partial charge in [0.15, 0.2) is 5.69 Å². The third-order valence-electron chi connectivity index (χ3n) is 3.55. The number of nitro benzene ring substituents is 2. The van der Waals surface area contributed by atoms with Gasteiger partial charge < -0.3 is 15.0 Å². The number of nitriles is 1. The summed E-state index contributed by atoms with van der Waals surface area (Å²) in [6, 6.07) is 3.64. The number of carbonyl (C=O) groups excluding carboxylic acids is 1. The number of hydrogen-bond donors (Lipinski definition) is 1. The first-order chi connectivity index (χ1) is 11.7. The van der Waals surface area contributed by atoms with E-state index in [1.54, 1.807) is 6.07 Å². The number of nitrogens with two attached hydrogens (primary N) is 1. The van der Waals surface area contributed by atoms with E-state index in [0.29, 0.717) is 0 Å². The number of nitrogens with zero attached hydrogens (tertiary/aromatic N) is 4. The molecule has 25 heavy (non-hydrogen) atoms. The second-order valence-corrected chi connectivity index (χ2v) is 4.90. The van der Waals surface area contributed by atoms with Crippen LogP contribution >= 0.6 is 0 Å². The molecule has 0 fully saturated rings. The van der Waals surface area contributed by atoms with Crippen molar-refractivity contribution in [2.24, 2.45) is 0 Å². The van der Waals surface area contributed by atoms with E-state index in [2.05, 4.69) is 4.74 Å². The first-order valence-electron chi connectivity index (χ1n) is 6.66. The number of carbonyl (C=O) groups is 1. The summed E-state index contributed by atoms with van der Waals surface area (Å²) in [5, 5.41) is 31.4. The van der Waals surface area contributed by atoms with E-state index in [4.69, 9.17) is 11.0 Å². The van der Waals surface area contributed by atoms with Crippen molar-refractivity contribution in [1.82, 2.24) is 4.57 Å². The van der Waals surface area contributed by atoms with Gasteiger partial charge in [0.1, 0.15) is 6.07 Å². The second kappa shape index (κ2) is 6.28. The number of ether oxygens (including phenoxy) is 1. The number of aromatic nitrogens is 1. The Morgan fingerprint density at radius 1 is 1.32 bits per heavy atom. The monoisotopic (exact) mass is 345 g/mol. The summed E-state index contributed by atoms with van der Waals surface area (Å²) in [5.74, 6) is -0.896. The van der Waals surface area contributed by atoms with Crippen molar-refractivity contribution >= 4 is 23.0 Å². The number of anilines is 1. The number of nitrogen functional groups attached to an aromatic ring is 1. The zero-order valence-corrected chi connectivity index (χ0v) is 13.0. The number of esters is 1. The smallest absolute Gasteiger partial charge is 0.357 e. The molecule has 128 valence electrons. The van der Waals surface area contributed by atoms with Crippen molar-refractivity contribution in [2.45, 2.75) is 6.92 Å². The van der Waals surface area contributed by atoms with Crippen LogP contribution in [0.25, 0.3) is 5.69 Å². The predicted octanol–water partition coefficient (Wildman–Crippen LogP) is 1.84. The van der Waals surface area contributed by atoms with Crippen molar-refractivity contribution in [1.29, 1.82) is 5.26 Å². The maximum Gasteiger partial charge on any atom is 0.357 e. The molecule has 0 aliphatic carbocycles. The molecular weight excluding hydrogens is 334 g/mol. The Kier molecular flexibility index (Phi) is 4.38. The van der Waals surface area contributed by atoms with Gasteiger partial charge in [0.2, 0.25) is 0 Å². The Bertz CT molecular complexity index is 956. The topological polar surface area (TPSA) is 167 Å². The maximum atomic E-state index is 12.0. The van der Waals surface area contributed by atoms with E-state index in [-0.39, 0.29) is 28.2 Å². The van der Waals surface area contributed by atoms with Crippen LogP contribution in [-0.2, 0) is 4.74 Å². The molecule has 2 rings (SSSR count). The van der Waals surface area contributed by atoms with Gasteiger partial charge in [-0.25, -0.2) is 4.79 Å². The van der Waals surface area contributed by atoms with Crippen LogP contribution in [0.2, 0.25) is 0 Å². The van der Waals surface area contributed by atoms with Gasteiger partial charge in [-0.1, -0.05) is 0 Å². The van der Waals surface area contributed by atoms with Crippen molar-refractivity contribution < 1.29 is 19.4 Å². The van der Waals surface area contributed by atoms with Gasteiger partial charge in [-0.15, -0.1) is 0 Å². The lowest BCUT2D eigenvalue weighted by atomic mass is 10.1. The summed E-state index contributed by atoms with van der Waals surface area (Å²) in [7, 11) is 1.09. The van der Waals surface area contributed by atoms with Gasteiger partial charge in [-0.05, 0) is 6.92 Å². The number of rotatable bonds is 4. The van der Waals surface area contributed by atoms with Crippen LogP contribution in [0.4, 0.5) is 17.1 Å². The third-order valence-corrected chi connectivity index (χ3v) is 3.55. The van der Waals surface area contributed by atoms with Gasteiger partial charge in [-0.3, -0.25) is 20.2 Å². The Labute approximate surface area is 140 Å². The Hall–Kier alpha value is -3.94. The molecule has 1 heterocycles. The Morgan fingerprint density at radius 3 is 2.44 bits per heavy atom. The summed E-state index contributed by atoms with van der Waals surface area (Å²) in [5.41, 5.74) is 4.21. The molecule has 0 spiro atoms. The molecule has 0 radical (unpaired) electrons. The van der Waals surface area contributed by atoms with Gasteiger partial charge in [0.05, 0.1) is 45.5 Å². The van der Waals surface area contributed by atoms with Crippen molar-refractivity contribution in [3.8, 4) is 11.8 Å². The molecule has 11 heteroatoms. The van der Waals surface area contributed by atoms with Crippen LogP contribution in [0, 0.1) is 38.5 Å². The van der Waals surface area contributed by atoms with E-state index in [1.165, 1.54) is 6.92 Å². The third kappa shape index (κ3) is 2.83. The minimum Gasteiger partial charge on any atom is -0.464 e. The van der Waals surface area contributed by atoms with Crippen molar-refractivity contribution in [2.75, 3.05) is 12.8 Å². The first kappa shape index (κ1) is 17.4. The molecule has 0 atom stereocenters. The van der Waals surface area contributed by atoms with Crippen LogP contribution in [0.1, 0.15) is 21.6 Å². The van der Waals surface area contributed by atoms with E-state index in [9.17, 15) is 25.0 Å². The number of methoxy groups -OCH3 is 1. The van der Waals surface area contributed by atoms with E-state index in [0.717, 1.165) is 30.0 Å². The normalized spacial score (nSPS) is 10.1. The number of benzene rings is 1. The summed E-state index contributed by atoms with van der Waals surface area (Å²) >= 11 is 0. The molecule has 0 bridgehead atoms. The van der Waals surface area contributed by atoms with E-state index >= 15 is 0 Å². The van der Waals surface area contributed by atoms with Crippen molar-refractivity contribution in [3.05, 3.63) is 55.4 Å². The fourth-order valence-corrected chi connectivity index (χ4v) is 2.32. The second-order valence-electron chi connectivity index (χ2n) is 4.90. The van der Waals surface area contributed by atoms with Crippen LogP contribution in [0.15, 0.2) is 18.3 Å². The average molecular weight is 345 g/mol. The highest BCUT2D eigenvalue weighted by Crippen LogP contribution is 2.33. The van der Waals surface area contributed by atoms with Crippen LogP contribution in [0.3, 0.4) is 0 Å². The molecule has 2 aromatic rings. The van der Waals surface area contributed by atoms with Crippen molar-refractivity contribution in [3.63, 3.8) is 0 Å². The van der Waals surface area contributed by atoms with Crippen LogP contribution in [0.5, 0.6) is 0 Å². The Morgan fingerprint density at radius 2 is 1.96 bits per heavy atom. The summed E-state index contributed by atoms with van der Waals surface area (Å²) in [6.45, 7) is 1.36. The molecule has 2 N–H and O–H groups in total. The zero-order chi connectivity index (χ0) is 18.9. The van der Waals surface area contributed by atoms with Crippen LogP contribution in [-0.4, -0.2) is 27.5 Å². The molecule has 0 saturated carbocycles. The lowest BCUT2D eigenvalue weighted by molar-refractivity contribution is -0.394. The lowest BCUT2D eigenvalue weighted by Gasteiger charge is -2.11. The quantitative estimate of drug-likeness (QED) is 0.497. The molecule has 11 nitrogen and oxygen atoms in total.